The summed E-state index contributed by atoms with van der Waals surface area (Å²) < 4.78 is 0.511. The summed E-state index contributed by atoms with van der Waals surface area (Å²) in [5.74, 6) is -0.0421. The van der Waals surface area contributed by atoms with Crippen LogP contribution in [0.3, 0.4) is 0 Å². The average Bonchev–Trinajstić information content (AvgIpc) is 2.90. The van der Waals surface area contributed by atoms with Crippen LogP contribution in [-0.4, -0.2) is 23.9 Å². The second-order valence-corrected chi connectivity index (χ2v) is 5.79. The lowest BCUT2D eigenvalue weighted by atomic mass is 9.83. The van der Waals surface area contributed by atoms with Crippen molar-refractivity contribution in [3.8, 4) is 0 Å². The highest BCUT2D eigenvalue weighted by Gasteiger charge is 2.39. The van der Waals surface area contributed by atoms with Crippen molar-refractivity contribution in [2.45, 2.75) is 19.8 Å². The third-order valence-corrected chi connectivity index (χ3v) is 4.47. The molecule has 0 aromatic heterocycles. The van der Waals surface area contributed by atoms with Crippen LogP contribution >= 0.6 is 15.9 Å². The maximum atomic E-state index is 12.4. The molecule has 108 valence electrons. The number of anilines is 1. The molecule has 1 aromatic carbocycles. The maximum absolute atomic E-state index is 12.4. The van der Waals surface area contributed by atoms with Crippen LogP contribution in [0.5, 0.6) is 0 Å². The molecule has 1 atom stereocenters. The third kappa shape index (κ3) is 2.83. The Bertz CT molecular complexity index is 542. The van der Waals surface area contributed by atoms with E-state index in [9.17, 15) is 14.9 Å². The van der Waals surface area contributed by atoms with Crippen molar-refractivity contribution in [3.63, 3.8) is 0 Å². The number of nitro groups is 1. The minimum absolute atomic E-state index is 0.0115. The lowest BCUT2D eigenvalue weighted by Crippen LogP contribution is -2.37. The molecule has 0 radical (unpaired) electrons. The molecule has 2 N–H and O–H groups in total. The third-order valence-electron chi connectivity index (χ3n) is 3.81. The lowest BCUT2D eigenvalue weighted by Gasteiger charge is -2.25. The van der Waals surface area contributed by atoms with Gasteiger partial charge in [-0.2, -0.15) is 0 Å². The second-order valence-electron chi connectivity index (χ2n) is 4.94. The summed E-state index contributed by atoms with van der Waals surface area (Å²) in [6.07, 6.45) is 1.57. The van der Waals surface area contributed by atoms with E-state index in [1.165, 1.54) is 12.1 Å². The van der Waals surface area contributed by atoms with E-state index in [4.69, 9.17) is 0 Å². The molecule has 0 spiro atoms. The van der Waals surface area contributed by atoms with Crippen molar-refractivity contribution < 1.29 is 9.72 Å². The molecule has 1 fully saturated rings. The highest BCUT2D eigenvalue weighted by molar-refractivity contribution is 9.10. The molecule has 2 rings (SSSR count). The van der Waals surface area contributed by atoms with Gasteiger partial charge in [0.1, 0.15) is 0 Å². The Labute approximate surface area is 125 Å². The molecule has 1 amide bonds. The fourth-order valence-electron chi connectivity index (χ4n) is 2.37. The van der Waals surface area contributed by atoms with Crippen molar-refractivity contribution in [3.05, 3.63) is 32.8 Å². The Morgan fingerprint density at radius 2 is 2.35 bits per heavy atom. The zero-order chi connectivity index (χ0) is 14.8. The van der Waals surface area contributed by atoms with Gasteiger partial charge < -0.3 is 10.6 Å². The summed E-state index contributed by atoms with van der Waals surface area (Å²) in [5.41, 5.74) is 0.157. The molecule has 0 bridgehead atoms. The van der Waals surface area contributed by atoms with Crippen LogP contribution in [0.1, 0.15) is 19.8 Å². The van der Waals surface area contributed by atoms with Crippen LogP contribution in [0.2, 0.25) is 0 Å². The number of rotatable bonds is 4. The van der Waals surface area contributed by atoms with Gasteiger partial charge in [0.2, 0.25) is 5.91 Å². The molecule has 0 aliphatic carbocycles. The fraction of sp³-hybridized carbons (Fsp3) is 0.462. The summed E-state index contributed by atoms with van der Waals surface area (Å²) in [4.78, 5) is 22.6. The van der Waals surface area contributed by atoms with E-state index in [-0.39, 0.29) is 17.0 Å². The predicted molar refractivity (Wildman–Crippen MR) is 79.6 cm³/mol. The van der Waals surface area contributed by atoms with Crippen LogP contribution in [0.25, 0.3) is 0 Å². The number of halogens is 1. The number of nitrogens with zero attached hydrogens (tertiary/aromatic N) is 1. The average molecular weight is 342 g/mol. The van der Waals surface area contributed by atoms with E-state index in [1.54, 1.807) is 6.07 Å². The molecule has 20 heavy (non-hydrogen) atoms. The number of carbonyl (C=O) groups excluding carboxylic acids is 1. The number of carbonyl (C=O) groups is 1. The first-order valence-corrected chi connectivity index (χ1v) is 7.24. The van der Waals surface area contributed by atoms with Gasteiger partial charge in [0, 0.05) is 23.2 Å². The molecule has 1 heterocycles. The number of hydrogen-bond donors (Lipinski definition) is 2. The standard InChI is InChI=1S/C13H16BrN3O3/c1-2-13(5-6-15-8-13)12(18)16-11-4-3-9(17(19)20)7-10(11)14/h3-4,7,15H,2,5-6,8H2,1H3,(H,16,18). The summed E-state index contributed by atoms with van der Waals surface area (Å²) in [6.45, 7) is 3.50. The molecular weight excluding hydrogens is 326 g/mol. The Morgan fingerprint density at radius 3 is 2.85 bits per heavy atom. The lowest BCUT2D eigenvalue weighted by molar-refractivity contribution is -0.384. The van der Waals surface area contributed by atoms with Gasteiger partial charge in [-0.15, -0.1) is 0 Å². The Hall–Kier alpha value is -1.47. The molecule has 6 nitrogen and oxygen atoms in total. The van der Waals surface area contributed by atoms with E-state index < -0.39 is 4.92 Å². The maximum Gasteiger partial charge on any atom is 0.270 e. The largest absolute Gasteiger partial charge is 0.325 e. The van der Waals surface area contributed by atoms with Crippen molar-refractivity contribution in [2.75, 3.05) is 18.4 Å². The molecule has 7 heteroatoms. The Kier molecular flexibility index (Phi) is 4.39. The zero-order valence-corrected chi connectivity index (χ0v) is 12.7. The molecule has 1 unspecified atom stereocenters. The molecule has 1 aromatic rings. The van der Waals surface area contributed by atoms with Crippen molar-refractivity contribution in [1.29, 1.82) is 0 Å². The summed E-state index contributed by atoms with van der Waals surface area (Å²) in [5, 5.41) is 16.8. The molecule has 0 saturated carbocycles. The molecule has 1 aliphatic heterocycles. The van der Waals surface area contributed by atoms with E-state index in [0.717, 1.165) is 19.4 Å². The van der Waals surface area contributed by atoms with Crippen LogP contribution in [0.15, 0.2) is 22.7 Å². The highest BCUT2D eigenvalue weighted by Crippen LogP contribution is 2.33. The van der Waals surface area contributed by atoms with Crippen molar-refractivity contribution in [1.82, 2.24) is 5.32 Å². The first kappa shape index (κ1) is 14.9. The molecule has 1 aliphatic rings. The van der Waals surface area contributed by atoms with E-state index in [2.05, 4.69) is 26.6 Å². The van der Waals surface area contributed by atoms with Gasteiger partial charge in [0.15, 0.2) is 0 Å². The number of non-ortho nitro benzene ring substituents is 1. The summed E-state index contributed by atoms with van der Waals surface area (Å²) in [7, 11) is 0. The quantitative estimate of drug-likeness (QED) is 0.651. The minimum atomic E-state index is -0.467. The van der Waals surface area contributed by atoms with Crippen LogP contribution in [-0.2, 0) is 4.79 Å². The predicted octanol–water partition coefficient (Wildman–Crippen LogP) is 2.69. The van der Waals surface area contributed by atoms with Crippen LogP contribution in [0, 0.1) is 15.5 Å². The smallest absolute Gasteiger partial charge is 0.270 e. The van der Waals surface area contributed by atoms with Gasteiger partial charge in [0.05, 0.1) is 16.0 Å². The van der Waals surface area contributed by atoms with Gasteiger partial charge in [-0.05, 0) is 41.4 Å². The fourth-order valence-corrected chi connectivity index (χ4v) is 2.84. The molecular formula is C13H16BrN3O3. The normalized spacial score (nSPS) is 21.7. The number of amides is 1. The van der Waals surface area contributed by atoms with Crippen molar-refractivity contribution >= 4 is 33.2 Å². The Balaban J connectivity index is 2.17. The minimum Gasteiger partial charge on any atom is -0.325 e. The number of hydrogen-bond acceptors (Lipinski definition) is 4. The number of nitro benzene ring substituents is 1. The first-order valence-electron chi connectivity index (χ1n) is 6.44. The van der Waals surface area contributed by atoms with Crippen LogP contribution in [0.4, 0.5) is 11.4 Å². The number of benzene rings is 1. The monoisotopic (exact) mass is 341 g/mol. The SMILES string of the molecule is CCC1(C(=O)Nc2ccc([N+](=O)[O-])cc2Br)CCNC1. The van der Waals surface area contributed by atoms with Gasteiger partial charge in [0.25, 0.3) is 5.69 Å². The summed E-state index contributed by atoms with van der Waals surface area (Å²) >= 11 is 3.26. The topological polar surface area (TPSA) is 84.3 Å². The van der Waals surface area contributed by atoms with E-state index >= 15 is 0 Å². The second kappa shape index (κ2) is 5.88. The highest BCUT2D eigenvalue weighted by atomic mass is 79.9. The van der Waals surface area contributed by atoms with Gasteiger partial charge in [-0.1, -0.05) is 6.92 Å². The first-order chi connectivity index (χ1) is 9.48. The van der Waals surface area contributed by atoms with Crippen molar-refractivity contribution in [2.24, 2.45) is 5.41 Å². The van der Waals surface area contributed by atoms with Crippen LogP contribution < -0.4 is 10.6 Å². The molecule has 1 saturated heterocycles. The van der Waals surface area contributed by atoms with Gasteiger partial charge in [-0.3, -0.25) is 14.9 Å². The number of nitrogens with one attached hydrogen (secondary N) is 2. The van der Waals surface area contributed by atoms with Gasteiger partial charge in [-0.25, -0.2) is 0 Å². The van der Waals surface area contributed by atoms with E-state index in [0.29, 0.717) is 16.7 Å². The van der Waals surface area contributed by atoms with E-state index in [1.807, 2.05) is 6.92 Å². The zero-order valence-electron chi connectivity index (χ0n) is 11.1. The Morgan fingerprint density at radius 1 is 1.60 bits per heavy atom. The summed E-state index contributed by atoms with van der Waals surface area (Å²) in [6, 6.07) is 4.32. The van der Waals surface area contributed by atoms with Gasteiger partial charge >= 0.3 is 0 Å².